The molecule has 1 N–H and O–H groups in total. The van der Waals surface area contributed by atoms with Crippen molar-refractivity contribution >= 4 is 34.5 Å². The van der Waals surface area contributed by atoms with E-state index in [-0.39, 0.29) is 17.2 Å². The molecule has 3 heterocycles. The number of benzene rings is 1. The van der Waals surface area contributed by atoms with E-state index in [4.69, 9.17) is 11.6 Å². The second-order valence-corrected chi connectivity index (χ2v) is 7.13. The number of hydrogen-bond acceptors (Lipinski definition) is 5. The monoisotopic (exact) mass is 396 g/mol. The minimum Gasteiger partial charge on any atom is -0.364 e. The molecule has 8 heteroatoms. The Morgan fingerprint density at radius 3 is 2.93 bits per heavy atom. The fourth-order valence-electron chi connectivity index (χ4n) is 3.57. The molecule has 2 aromatic heterocycles. The molecule has 144 valence electrons. The maximum atomic E-state index is 12.0. The van der Waals surface area contributed by atoms with Gasteiger partial charge in [0.1, 0.15) is 0 Å². The van der Waals surface area contributed by atoms with Gasteiger partial charge in [-0.1, -0.05) is 36.9 Å². The van der Waals surface area contributed by atoms with Gasteiger partial charge in [-0.3, -0.25) is 4.79 Å². The molecule has 28 heavy (non-hydrogen) atoms. The molecule has 4 rings (SSSR count). The summed E-state index contributed by atoms with van der Waals surface area (Å²) in [5.74, 6) is 0.555. The lowest BCUT2D eigenvalue weighted by molar-refractivity contribution is -0.127. The number of amides is 1. The van der Waals surface area contributed by atoms with Crippen molar-refractivity contribution in [2.75, 3.05) is 18.4 Å². The van der Waals surface area contributed by atoms with Crippen LogP contribution in [0.5, 0.6) is 0 Å². The zero-order chi connectivity index (χ0) is 19.5. The minimum absolute atomic E-state index is 0.0491. The molecule has 0 bridgehead atoms. The van der Waals surface area contributed by atoms with Crippen molar-refractivity contribution in [3.63, 3.8) is 0 Å². The summed E-state index contributed by atoms with van der Waals surface area (Å²) in [4.78, 5) is 27.1. The Balaban J connectivity index is 1.61. The van der Waals surface area contributed by atoms with Gasteiger partial charge in [0.15, 0.2) is 17.0 Å². The van der Waals surface area contributed by atoms with Crippen molar-refractivity contribution in [3.05, 3.63) is 60.2 Å². The van der Waals surface area contributed by atoms with Gasteiger partial charge in [0.25, 0.3) is 0 Å². The smallest absolute Gasteiger partial charge is 0.246 e. The zero-order valence-corrected chi connectivity index (χ0v) is 16.1. The molecule has 0 saturated carbocycles. The number of fused-ring (bicyclic) bond motifs is 1. The van der Waals surface area contributed by atoms with Crippen LogP contribution in [0.1, 0.15) is 24.4 Å². The largest absolute Gasteiger partial charge is 0.364 e. The van der Waals surface area contributed by atoms with E-state index in [2.05, 4.69) is 26.8 Å². The van der Waals surface area contributed by atoms with Gasteiger partial charge in [-0.25, -0.2) is 4.98 Å². The quantitative estimate of drug-likeness (QED) is 0.528. The number of nitrogens with one attached hydrogen (secondary N) is 1. The highest BCUT2D eigenvalue weighted by Gasteiger charge is 2.26. The van der Waals surface area contributed by atoms with E-state index in [0.717, 1.165) is 24.9 Å². The molecule has 1 saturated heterocycles. The lowest BCUT2D eigenvalue weighted by Crippen LogP contribution is -2.39. The Labute approximate surface area is 168 Å². The SMILES string of the molecule is C=CC(=O)N1CCCC(n2cnc3c(NCc4ccccc4)nc(Cl)nc32)C1. The van der Waals surface area contributed by atoms with E-state index in [1.165, 1.54) is 6.08 Å². The maximum Gasteiger partial charge on any atom is 0.246 e. The summed E-state index contributed by atoms with van der Waals surface area (Å²) in [6.07, 6.45) is 4.98. The van der Waals surface area contributed by atoms with E-state index in [1.54, 1.807) is 6.33 Å². The van der Waals surface area contributed by atoms with Gasteiger partial charge in [-0.2, -0.15) is 9.97 Å². The van der Waals surface area contributed by atoms with Crippen LogP contribution >= 0.6 is 11.6 Å². The fraction of sp³-hybridized carbons (Fsp3) is 0.300. The standard InChI is InChI=1S/C20H21ClN6O/c1-2-16(28)26-10-6-9-15(12-26)27-13-23-17-18(24-20(21)25-19(17)27)22-11-14-7-4-3-5-8-14/h2-5,7-8,13,15H,1,6,9-12H2,(H,22,24,25). The van der Waals surface area contributed by atoms with Crippen LogP contribution in [-0.2, 0) is 11.3 Å². The summed E-state index contributed by atoms with van der Waals surface area (Å²) in [5.41, 5.74) is 2.48. The number of carbonyl (C=O) groups is 1. The number of nitrogens with zero attached hydrogens (tertiary/aromatic N) is 5. The predicted octanol–water partition coefficient (Wildman–Crippen LogP) is 3.44. The molecular formula is C20H21ClN6O. The Morgan fingerprint density at radius 1 is 1.32 bits per heavy atom. The summed E-state index contributed by atoms with van der Waals surface area (Å²) in [6, 6.07) is 10.1. The maximum absolute atomic E-state index is 12.0. The van der Waals surface area contributed by atoms with Crippen LogP contribution in [0.4, 0.5) is 5.82 Å². The van der Waals surface area contributed by atoms with Gasteiger partial charge in [0, 0.05) is 19.6 Å². The molecule has 1 aromatic carbocycles. The topological polar surface area (TPSA) is 75.9 Å². The summed E-state index contributed by atoms with van der Waals surface area (Å²) in [6.45, 7) is 5.54. The van der Waals surface area contributed by atoms with Gasteiger partial charge in [0.05, 0.1) is 12.4 Å². The lowest BCUT2D eigenvalue weighted by Gasteiger charge is -2.32. The Bertz CT molecular complexity index is 1000. The first-order valence-corrected chi connectivity index (χ1v) is 9.62. The molecule has 1 aliphatic heterocycles. The summed E-state index contributed by atoms with van der Waals surface area (Å²) in [5, 5.41) is 3.47. The third kappa shape index (κ3) is 3.71. The molecule has 7 nitrogen and oxygen atoms in total. The van der Waals surface area contributed by atoms with E-state index in [0.29, 0.717) is 30.1 Å². The van der Waals surface area contributed by atoms with Gasteiger partial charge >= 0.3 is 0 Å². The molecule has 0 aliphatic carbocycles. The molecule has 3 aromatic rings. The van der Waals surface area contributed by atoms with E-state index in [9.17, 15) is 4.79 Å². The number of hydrogen-bond donors (Lipinski definition) is 1. The first-order chi connectivity index (χ1) is 13.7. The average molecular weight is 397 g/mol. The summed E-state index contributed by atoms with van der Waals surface area (Å²) < 4.78 is 2.00. The van der Waals surface area contributed by atoms with Crippen molar-refractivity contribution in [1.29, 1.82) is 0 Å². The molecular weight excluding hydrogens is 376 g/mol. The first-order valence-electron chi connectivity index (χ1n) is 9.25. The zero-order valence-electron chi connectivity index (χ0n) is 15.4. The lowest BCUT2D eigenvalue weighted by atomic mass is 10.1. The average Bonchev–Trinajstić information content (AvgIpc) is 3.16. The highest BCUT2D eigenvalue weighted by atomic mass is 35.5. The molecule has 1 atom stereocenters. The second kappa shape index (κ2) is 7.98. The Kier molecular flexibility index (Phi) is 5.25. The number of anilines is 1. The number of halogens is 1. The molecule has 0 radical (unpaired) electrons. The summed E-state index contributed by atoms with van der Waals surface area (Å²) >= 11 is 6.19. The fourth-order valence-corrected chi connectivity index (χ4v) is 3.74. The molecule has 0 spiro atoms. The van der Waals surface area contributed by atoms with Crippen molar-refractivity contribution in [3.8, 4) is 0 Å². The van der Waals surface area contributed by atoms with Gasteiger partial charge in [-0.15, -0.1) is 0 Å². The van der Waals surface area contributed by atoms with Crippen molar-refractivity contribution in [2.45, 2.75) is 25.4 Å². The van der Waals surface area contributed by atoms with Crippen molar-refractivity contribution in [1.82, 2.24) is 24.4 Å². The number of rotatable bonds is 5. The number of carbonyl (C=O) groups excluding carboxylic acids is 1. The molecule has 1 unspecified atom stereocenters. The minimum atomic E-state index is -0.0491. The van der Waals surface area contributed by atoms with Crippen LogP contribution < -0.4 is 5.32 Å². The molecule has 1 fully saturated rings. The molecule has 1 aliphatic rings. The number of aromatic nitrogens is 4. The van der Waals surface area contributed by atoms with Gasteiger partial charge in [0.2, 0.25) is 11.2 Å². The normalized spacial score (nSPS) is 16.9. The van der Waals surface area contributed by atoms with E-state index >= 15 is 0 Å². The van der Waals surface area contributed by atoms with Crippen LogP contribution in [0.15, 0.2) is 49.3 Å². The van der Waals surface area contributed by atoms with Crippen LogP contribution in [0, 0.1) is 0 Å². The highest BCUT2D eigenvalue weighted by molar-refractivity contribution is 6.28. The van der Waals surface area contributed by atoms with E-state index < -0.39 is 0 Å². The Morgan fingerprint density at radius 2 is 2.14 bits per heavy atom. The second-order valence-electron chi connectivity index (χ2n) is 6.79. The van der Waals surface area contributed by atoms with Crippen LogP contribution in [-0.4, -0.2) is 43.4 Å². The predicted molar refractivity (Wildman–Crippen MR) is 109 cm³/mol. The third-order valence-electron chi connectivity index (χ3n) is 4.97. The van der Waals surface area contributed by atoms with Gasteiger partial charge in [-0.05, 0) is 36.1 Å². The third-order valence-corrected chi connectivity index (χ3v) is 5.14. The van der Waals surface area contributed by atoms with Crippen LogP contribution in [0.25, 0.3) is 11.2 Å². The highest BCUT2D eigenvalue weighted by Crippen LogP contribution is 2.28. The van der Waals surface area contributed by atoms with Crippen molar-refractivity contribution in [2.24, 2.45) is 0 Å². The number of imidazole rings is 1. The van der Waals surface area contributed by atoms with Crippen molar-refractivity contribution < 1.29 is 4.79 Å². The Hall–Kier alpha value is -2.93. The number of piperidine rings is 1. The van der Waals surface area contributed by atoms with Gasteiger partial charge < -0.3 is 14.8 Å². The van der Waals surface area contributed by atoms with Crippen LogP contribution in [0.3, 0.4) is 0 Å². The first kappa shape index (κ1) is 18.4. The number of likely N-dealkylation sites (tertiary alicyclic amines) is 1. The van der Waals surface area contributed by atoms with E-state index in [1.807, 2.05) is 39.8 Å². The summed E-state index contributed by atoms with van der Waals surface area (Å²) in [7, 11) is 0. The van der Waals surface area contributed by atoms with Crippen LogP contribution in [0.2, 0.25) is 5.28 Å². The molecule has 1 amide bonds.